The Hall–Kier alpha value is -2.41. The number of para-hydroxylation sites is 1. The Morgan fingerprint density at radius 1 is 0.929 bits per heavy atom. The van der Waals surface area contributed by atoms with Crippen LogP contribution in [0.3, 0.4) is 0 Å². The molecule has 0 radical (unpaired) electrons. The molecule has 144 valence electrons. The lowest BCUT2D eigenvalue weighted by molar-refractivity contribution is -0.126. The van der Waals surface area contributed by atoms with Gasteiger partial charge in [-0.15, -0.1) is 0 Å². The second-order valence-electron chi connectivity index (χ2n) is 7.33. The van der Waals surface area contributed by atoms with Crippen LogP contribution in [0.4, 0.5) is 5.69 Å². The van der Waals surface area contributed by atoms with Gasteiger partial charge in [-0.05, 0) is 36.8 Å². The largest absolute Gasteiger partial charge is 0.496 e. The molecule has 0 unspecified atom stereocenters. The second kappa shape index (κ2) is 6.58. The minimum atomic E-state index is -0.472. The van der Waals surface area contributed by atoms with Crippen LogP contribution in [-0.2, 0) is 9.59 Å². The minimum Gasteiger partial charge on any atom is -0.496 e. The van der Waals surface area contributed by atoms with E-state index in [0.29, 0.717) is 10.7 Å². The molecule has 0 spiro atoms. The van der Waals surface area contributed by atoms with Crippen molar-refractivity contribution in [3.8, 4) is 5.75 Å². The molecule has 3 heterocycles. The highest BCUT2D eigenvalue weighted by atomic mass is 35.5. The number of fused-ring (bicyclic) bond motifs is 3. The Morgan fingerprint density at radius 2 is 1.61 bits per heavy atom. The van der Waals surface area contributed by atoms with Crippen molar-refractivity contribution in [2.45, 2.75) is 18.5 Å². The maximum atomic E-state index is 13.5. The lowest BCUT2D eigenvalue weighted by atomic mass is 9.89. The molecule has 2 amide bonds. The number of carbonyl (C=O) groups is 2. The molecule has 0 N–H and O–H groups in total. The summed E-state index contributed by atoms with van der Waals surface area (Å²) in [6, 6.07) is 13.9. The van der Waals surface area contributed by atoms with E-state index in [2.05, 4.69) is 10.0 Å². The summed E-state index contributed by atoms with van der Waals surface area (Å²) in [6.45, 7) is 1.61. The number of imide groups is 1. The van der Waals surface area contributed by atoms with Gasteiger partial charge in [0.2, 0.25) is 5.91 Å². The number of amides is 2. The standard InChI is InChI=1S/C21H20ClN3O3/c1-28-16-6-3-2-5-15(16)18-17-19(24-12-4-11-23(18)24)21(27)25(20(17)26)14-9-7-13(22)8-10-14/h2-3,5-10,17-19H,4,11-12H2,1H3/t17-,18+,19+/m1/s1. The van der Waals surface area contributed by atoms with Crippen molar-refractivity contribution in [2.24, 2.45) is 5.92 Å². The Kier molecular flexibility index (Phi) is 4.16. The van der Waals surface area contributed by atoms with Crippen LogP contribution in [0.25, 0.3) is 0 Å². The molecule has 28 heavy (non-hydrogen) atoms. The molecular formula is C21H20ClN3O3. The van der Waals surface area contributed by atoms with Crippen LogP contribution < -0.4 is 9.64 Å². The van der Waals surface area contributed by atoms with E-state index in [1.807, 2.05) is 24.3 Å². The molecule has 3 aliphatic rings. The molecule has 5 rings (SSSR count). The highest BCUT2D eigenvalue weighted by Gasteiger charge is 2.63. The molecule has 2 aromatic carbocycles. The Balaban J connectivity index is 1.60. The normalized spacial score (nSPS) is 27.4. The average molecular weight is 398 g/mol. The summed E-state index contributed by atoms with van der Waals surface area (Å²) in [5.74, 6) is -0.0470. The van der Waals surface area contributed by atoms with Crippen LogP contribution in [0, 0.1) is 5.92 Å². The number of ether oxygens (including phenoxy) is 1. The molecule has 2 aromatic rings. The Bertz CT molecular complexity index is 948. The summed E-state index contributed by atoms with van der Waals surface area (Å²) < 4.78 is 5.57. The van der Waals surface area contributed by atoms with Crippen LogP contribution >= 0.6 is 11.6 Å². The van der Waals surface area contributed by atoms with E-state index in [0.717, 1.165) is 30.8 Å². The maximum Gasteiger partial charge on any atom is 0.253 e. The first-order valence-corrected chi connectivity index (χ1v) is 9.79. The van der Waals surface area contributed by atoms with Gasteiger partial charge in [-0.3, -0.25) is 9.59 Å². The third-order valence-corrected chi connectivity index (χ3v) is 6.20. The van der Waals surface area contributed by atoms with Crippen molar-refractivity contribution in [1.82, 2.24) is 10.0 Å². The highest BCUT2D eigenvalue weighted by molar-refractivity contribution is 6.31. The predicted octanol–water partition coefficient (Wildman–Crippen LogP) is 2.88. The van der Waals surface area contributed by atoms with Gasteiger partial charge in [0.05, 0.1) is 24.8 Å². The smallest absolute Gasteiger partial charge is 0.253 e. The van der Waals surface area contributed by atoms with Gasteiger partial charge < -0.3 is 4.74 Å². The van der Waals surface area contributed by atoms with E-state index in [-0.39, 0.29) is 17.9 Å². The van der Waals surface area contributed by atoms with E-state index in [1.54, 1.807) is 31.4 Å². The first-order chi connectivity index (χ1) is 13.6. The van der Waals surface area contributed by atoms with Crippen molar-refractivity contribution >= 4 is 29.1 Å². The minimum absolute atomic E-state index is 0.164. The SMILES string of the molecule is COc1ccccc1[C@H]1[C@H]2C(=O)N(c3ccc(Cl)cc3)C(=O)[C@H]2N2CCCN12. The number of anilines is 1. The summed E-state index contributed by atoms with van der Waals surface area (Å²) in [7, 11) is 1.63. The molecule has 3 aliphatic heterocycles. The number of rotatable bonds is 3. The lowest BCUT2D eigenvalue weighted by Gasteiger charge is -2.30. The van der Waals surface area contributed by atoms with Crippen LogP contribution in [-0.4, -0.2) is 48.1 Å². The number of benzene rings is 2. The molecule has 3 saturated heterocycles. The molecule has 3 atom stereocenters. The number of hydrazine groups is 1. The molecule has 6 nitrogen and oxygen atoms in total. The maximum absolute atomic E-state index is 13.5. The molecule has 3 fully saturated rings. The number of hydrogen-bond acceptors (Lipinski definition) is 5. The zero-order chi connectivity index (χ0) is 19.4. The fraction of sp³-hybridized carbons (Fsp3) is 0.333. The monoisotopic (exact) mass is 397 g/mol. The number of methoxy groups -OCH3 is 1. The van der Waals surface area contributed by atoms with Gasteiger partial charge in [-0.25, -0.2) is 14.9 Å². The fourth-order valence-corrected chi connectivity index (χ4v) is 4.97. The van der Waals surface area contributed by atoms with Gasteiger partial charge in [0, 0.05) is 23.7 Å². The van der Waals surface area contributed by atoms with E-state index in [9.17, 15) is 9.59 Å². The molecular weight excluding hydrogens is 378 g/mol. The van der Waals surface area contributed by atoms with Crippen LogP contribution in [0.1, 0.15) is 18.0 Å². The second-order valence-corrected chi connectivity index (χ2v) is 7.76. The van der Waals surface area contributed by atoms with Crippen LogP contribution in [0.5, 0.6) is 5.75 Å². The summed E-state index contributed by atoms with van der Waals surface area (Å²) in [6.07, 6.45) is 0.970. The van der Waals surface area contributed by atoms with Crippen molar-refractivity contribution in [3.63, 3.8) is 0 Å². The van der Waals surface area contributed by atoms with E-state index < -0.39 is 12.0 Å². The van der Waals surface area contributed by atoms with Crippen LogP contribution in [0.15, 0.2) is 48.5 Å². The average Bonchev–Trinajstić information content (AvgIpc) is 3.35. The van der Waals surface area contributed by atoms with Gasteiger partial charge in [0.1, 0.15) is 11.8 Å². The number of carbonyl (C=O) groups excluding carboxylic acids is 2. The van der Waals surface area contributed by atoms with Gasteiger partial charge in [0.25, 0.3) is 5.91 Å². The van der Waals surface area contributed by atoms with Crippen molar-refractivity contribution < 1.29 is 14.3 Å². The van der Waals surface area contributed by atoms with Crippen molar-refractivity contribution in [3.05, 3.63) is 59.1 Å². The molecule has 0 bridgehead atoms. The number of nitrogens with zero attached hydrogens (tertiary/aromatic N) is 3. The molecule has 0 aromatic heterocycles. The van der Waals surface area contributed by atoms with Gasteiger partial charge in [-0.1, -0.05) is 29.8 Å². The number of halogens is 1. The number of hydrogen-bond donors (Lipinski definition) is 0. The molecule has 0 aliphatic carbocycles. The zero-order valence-corrected chi connectivity index (χ0v) is 16.2. The summed E-state index contributed by atoms with van der Waals surface area (Å²) in [5.41, 5.74) is 1.52. The summed E-state index contributed by atoms with van der Waals surface area (Å²) >= 11 is 5.98. The third kappa shape index (κ3) is 2.42. The highest BCUT2D eigenvalue weighted by Crippen LogP contribution is 2.50. The van der Waals surface area contributed by atoms with Gasteiger partial charge in [-0.2, -0.15) is 0 Å². The van der Waals surface area contributed by atoms with Gasteiger partial charge >= 0.3 is 0 Å². The predicted molar refractivity (Wildman–Crippen MR) is 105 cm³/mol. The van der Waals surface area contributed by atoms with Crippen LogP contribution in [0.2, 0.25) is 5.02 Å². The van der Waals surface area contributed by atoms with E-state index in [1.165, 1.54) is 4.90 Å². The fourth-order valence-electron chi connectivity index (χ4n) is 4.84. The Labute approximate surface area is 168 Å². The summed E-state index contributed by atoms with van der Waals surface area (Å²) in [4.78, 5) is 28.1. The zero-order valence-electron chi connectivity index (χ0n) is 15.4. The first-order valence-electron chi connectivity index (χ1n) is 9.41. The van der Waals surface area contributed by atoms with E-state index in [4.69, 9.17) is 16.3 Å². The van der Waals surface area contributed by atoms with Gasteiger partial charge in [0.15, 0.2) is 0 Å². The quantitative estimate of drug-likeness (QED) is 0.745. The Morgan fingerprint density at radius 3 is 2.32 bits per heavy atom. The van der Waals surface area contributed by atoms with E-state index >= 15 is 0 Å². The molecule has 0 saturated carbocycles. The topological polar surface area (TPSA) is 53.1 Å². The molecule has 7 heteroatoms. The van der Waals surface area contributed by atoms with Crippen molar-refractivity contribution in [2.75, 3.05) is 25.1 Å². The first kappa shape index (κ1) is 17.7. The lowest BCUT2D eigenvalue weighted by Crippen LogP contribution is -2.44. The summed E-state index contributed by atoms with van der Waals surface area (Å²) in [5, 5.41) is 4.83. The van der Waals surface area contributed by atoms with Crippen molar-refractivity contribution in [1.29, 1.82) is 0 Å². The third-order valence-electron chi connectivity index (χ3n) is 5.95.